The Balaban J connectivity index is 2.38. The second-order valence-corrected chi connectivity index (χ2v) is 5.94. The number of aromatic hydroxyl groups is 1. The minimum atomic E-state index is -0.525. The van der Waals surface area contributed by atoms with Crippen LogP contribution in [0.5, 0.6) is 5.75 Å². The number of H-pyrrole nitrogens is 1. The van der Waals surface area contributed by atoms with E-state index in [9.17, 15) is 9.50 Å². The molecule has 0 saturated carbocycles. The molecule has 0 aliphatic carbocycles. The summed E-state index contributed by atoms with van der Waals surface area (Å²) >= 11 is 9.16. The van der Waals surface area contributed by atoms with Crippen molar-refractivity contribution in [2.75, 3.05) is 0 Å². The molecule has 106 valence electrons. The summed E-state index contributed by atoms with van der Waals surface area (Å²) in [5.41, 5.74) is 2.08. The molecular weight excluding hydrogens is 357 g/mol. The maximum Gasteiger partial charge on any atom is 0.137 e. The van der Waals surface area contributed by atoms with Crippen molar-refractivity contribution in [3.05, 3.63) is 57.8 Å². The summed E-state index contributed by atoms with van der Waals surface area (Å²) < 4.78 is 14.7. The minimum absolute atomic E-state index is 0.112. The van der Waals surface area contributed by atoms with Crippen molar-refractivity contribution in [3.63, 3.8) is 0 Å². The lowest BCUT2D eigenvalue weighted by Gasteiger charge is -2.07. The molecule has 0 bridgehead atoms. The van der Waals surface area contributed by atoms with Gasteiger partial charge in [0.15, 0.2) is 0 Å². The van der Waals surface area contributed by atoms with Gasteiger partial charge in [-0.25, -0.2) is 4.39 Å². The van der Waals surface area contributed by atoms with Gasteiger partial charge < -0.3 is 10.1 Å². The van der Waals surface area contributed by atoms with Gasteiger partial charge in [-0.05, 0) is 30.3 Å². The van der Waals surface area contributed by atoms with Crippen LogP contribution in [0.15, 0.2) is 41.4 Å². The predicted octanol–water partition coefficient (Wildman–Crippen LogP) is 5.74. The SMILES string of the molecule is C=Cc1c(-c2c(O)cc(Br)cc2F)[nH]c2ccc(Cl)cc12. The number of hydrogen-bond acceptors (Lipinski definition) is 1. The molecule has 0 aliphatic heterocycles. The van der Waals surface area contributed by atoms with Crippen molar-refractivity contribution in [1.82, 2.24) is 4.98 Å². The van der Waals surface area contributed by atoms with Crippen LogP contribution in [0.3, 0.4) is 0 Å². The first-order valence-corrected chi connectivity index (χ1v) is 7.30. The van der Waals surface area contributed by atoms with Crippen LogP contribution >= 0.6 is 27.5 Å². The molecule has 0 aliphatic rings. The molecule has 21 heavy (non-hydrogen) atoms. The Morgan fingerprint density at radius 2 is 2.05 bits per heavy atom. The van der Waals surface area contributed by atoms with Crippen LogP contribution in [-0.2, 0) is 0 Å². The van der Waals surface area contributed by atoms with Crippen LogP contribution in [0, 0.1) is 5.82 Å². The van der Waals surface area contributed by atoms with E-state index in [0.717, 1.165) is 10.9 Å². The summed E-state index contributed by atoms with van der Waals surface area (Å²) in [5.74, 6) is -0.676. The fourth-order valence-corrected chi connectivity index (χ4v) is 2.99. The van der Waals surface area contributed by atoms with Gasteiger partial charge in [-0.1, -0.05) is 40.2 Å². The monoisotopic (exact) mass is 365 g/mol. The normalized spacial score (nSPS) is 11.0. The molecule has 1 aromatic heterocycles. The summed E-state index contributed by atoms with van der Waals surface area (Å²) in [5, 5.41) is 11.5. The highest BCUT2D eigenvalue weighted by atomic mass is 79.9. The van der Waals surface area contributed by atoms with Crippen LogP contribution in [0.25, 0.3) is 28.2 Å². The van der Waals surface area contributed by atoms with E-state index in [1.54, 1.807) is 18.2 Å². The minimum Gasteiger partial charge on any atom is -0.507 e. The average molecular weight is 367 g/mol. The van der Waals surface area contributed by atoms with Gasteiger partial charge in [0.05, 0.1) is 11.3 Å². The molecule has 0 spiro atoms. The van der Waals surface area contributed by atoms with E-state index in [2.05, 4.69) is 27.5 Å². The van der Waals surface area contributed by atoms with Gasteiger partial charge in [-0.3, -0.25) is 0 Å². The fourth-order valence-electron chi connectivity index (χ4n) is 2.40. The van der Waals surface area contributed by atoms with Gasteiger partial charge in [0.2, 0.25) is 0 Å². The molecule has 5 heteroatoms. The summed E-state index contributed by atoms with van der Waals surface area (Å²) in [6.45, 7) is 3.77. The maximum atomic E-state index is 14.3. The van der Waals surface area contributed by atoms with E-state index in [1.807, 2.05) is 6.07 Å². The lowest BCUT2D eigenvalue weighted by Crippen LogP contribution is -1.88. The predicted molar refractivity (Wildman–Crippen MR) is 88.2 cm³/mol. The molecule has 2 aromatic carbocycles. The van der Waals surface area contributed by atoms with E-state index in [0.29, 0.717) is 20.8 Å². The first-order valence-electron chi connectivity index (χ1n) is 6.13. The van der Waals surface area contributed by atoms with Crippen molar-refractivity contribution in [1.29, 1.82) is 0 Å². The number of phenols is 1. The molecular formula is C16H10BrClFNO. The number of hydrogen-bond donors (Lipinski definition) is 2. The Kier molecular flexibility index (Phi) is 3.51. The summed E-state index contributed by atoms with van der Waals surface area (Å²) in [6.07, 6.45) is 1.62. The standard InChI is InChI=1S/C16H10BrClFNO/c1-2-10-11-7-9(18)3-4-13(11)20-16(10)15-12(19)5-8(17)6-14(15)21/h2-7,20-21H,1H2. The maximum absolute atomic E-state index is 14.3. The lowest BCUT2D eigenvalue weighted by atomic mass is 10.0. The van der Waals surface area contributed by atoms with E-state index in [-0.39, 0.29) is 11.3 Å². The molecule has 3 rings (SSSR count). The molecule has 0 unspecified atom stereocenters. The number of aromatic nitrogens is 1. The molecule has 2 nitrogen and oxygen atoms in total. The lowest BCUT2D eigenvalue weighted by molar-refractivity contribution is 0.471. The van der Waals surface area contributed by atoms with Crippen LogP contribution in [-0.4, -0.2) is 10.1 Å². The molecule has 2 N–H and O–H groups in total. The highest BCUT2D eigenvalue weighted by Crippen LogP contribution is 2.39. The Morgan fingerprint density at radius 1 is 1.29 bits per heavy atom. The van der Waals surface area contributed by atoms with Gasteiger partial charge >= 0.3 is 0 Å². The van der Waals surface area contributed by atoms with Crippen molar-refractivity contribution < 1.29 is 9.50 Å². The first kappa shape index (κ1) is 14.2. The average Bonchev–Trinajstić information content (AvgIpc) is 2.74. The van der Waals surface area contributed by atoms with Crippen molar-refractivity contribution in [3.8, 4) is 17.0 Å². The van der Waals surface area contributed by atoms with Gasteiger partial charge in [0.1, 0.15) is 11.6 Å². The number of benzene rings is 2. The zero-order valence-electron chi connectivity index (χ0n) is 10.8. The van der Waals surface area contributed by atoms with Gasteiger partial charge in [-0.15, -0.1) is 0 Å². The molecule has 1 heterocycles. The molecule has 0 fully saturated rings. The third-order valence-electron chi connectivity index (χ3n) is 3.29. The van der Waals surface area contributed by atoms with E-state index in [4.69, 9.17) is 11.6 Å². The van der Waals surface area contributed by atoms with E-state index < -0.39 is 5.82 Å². The molecule has 0 saturated heterocycles. The Labute approximate surface area is 134 Å². The zero-order valence-corrected chi connectivity index (χ0v) is 13.1. The van der Waals surface area contributed by atoms with E-state index >= 15 is 0 Å². The topological polar surface area (TPSA) is 36.0 Å². The number of rotatable bonds is 2. The molecule has 0 amide bonds. The summed E-state index contributed by atoms with van der Waals surface area (Å²) in [6, 6.07) is 8.09. The number of fused-ring (bicyclic) bond motifs is 1. The highest BCUT2D eigenvalue weighted by Gasteiger charge is 2.18. The highest BCUT2D eigenvalue weighted by molar-refractivity contribution is 9.10. The summed E-state index contributed by atoms with van der Waals surface area (Å²) in [4.78, 5) is 3.11. The van der Waals surface area contributed by atoms with Crippen molar-refractivity contribution in [2.24, 2.45) is 0 Å². The number of halogens is 3. The zero-order chi connectivity index (χ0) is 15.1. The fraction of sp³-hybridized carbons (Fsp3) is 0. The van der Waals surface area contributed by atoms with Gasteiger partial charge in [0, 0.05) is 26.0 Å². The largest absolute Gasteiger partial charge is 0.507 e. The second-order valence-electron chi connectivity index (χ2n) is 4.59. The van der Waals surface area contributed by atoms with Crippen LogP contribution in [0.2, 0.25) is 5.02 Å². The Hall–Kier alpha value is -1.78. The molecule has 0 radical (unpaired) electrons. The Morgan fingerprint density at radius 3 is 2.71 bits per heavy atom. The number of nitrogens with one attached hydrogen (secondary N) is 1. The summed E-state index contributed by atoms with van der Waals surface area (Å²) in [7, 11) is 0. The van der Waals surface area contributed by atoms with Crippen LogP contribution < -0.4 is 0 Å². The first-order chi connectivity index (χ1) is 10.0. The molecule has 0 atom stereocenters. The van der Waals surface area contributed by atoms with Crippen molar-refractivity contribution in [2.45, 2.75) is 0 Å². The third kappa shape index (κ3) is 2.34. The van der Waals surface area contributed by atoms with Crippen LogP contribution in [0.4, 0.5) is 4.39 Å². The second kappa shape index (κ2) is 5.20. The molecule has 3 aromatic rings. The third-order valence-corrected chi connectivity index (χ3v) is 3.98. The number of phenolic OH excluding ortho intramolecular Hbond substituents is 1. The van der Waals surface area contributed by atoms with Crippen molar-refractivity contribution >= 4 is 44.5 Å². The smallest absolute Gasteiger partial charge is 0.137 e. The van der Waals surface area contributed by atoms with Gasteiger partial charge in [-0.2, -0.15) is 0 Å². The Bertz CT molecular complexity index is 849. The number of aromatic amines is 1. The quantitative estimate of drug-likeness (QED) is 0.596. The van der Waals surface area contributed by atoms with E-state index in [1.165, 1.54) is 12.1 Å². The van der Waals surface area contributed by atoms with Gasteiger partial charge in [0.25, 0.3) is 0 Å². The van der Waals surface area contributed by atoms with Crippen LogP contribution in [0.1, 0.15) is 5.56 Å².